The molecule has 0 aliphatic heterocycles. The van der Waals surface area contributed by atoms with Crippen LogP contribution in [0.1, 0.15) is 29.3 Å². The Kier molecular flexibility index (Phi) is 2.78. The fourth-order valence-electron chi connectivity index (χ4n) is 2.83. The molecule has 3 aromatic rings. The predicted molar refractivity (Wildman–Crippen MR) is 83.0 cm³/mol. The van der Waals surface area contributed by atoms with Crippen molar-refractivity contribution in [3.8, 4) is 0 Å². The summed E-state index contributed by atoms with van der Waals surface area (Å²) in [5, 5.41) is 8.52. The lowest BCUT2D eigenvalue weighted by molar-refractivity contribution is 0.754. The quantitative estimate of drug-likeness (QED) is 0.790. The summed E-state index contributed by atoms with van der Waals surface area (Å²) in [6, 6.07) is 10.2. The summed E-state index contributed by atoms with van der Waals surface area (Å²) in [4.78, 5) is 16.9. The minimum absolute atomic E-state index is 0.131. The van der Waals surface area contributed by atoms with Gasteiger partial charge in [0.1, 0.15) is 0 Å². The highest BCUT2D eigenvalue weighted by Gasteiger charge is 2.22. The van der Waals surface area contributed by atoms with Crippen LogP contribution in [-0.2, 0) is 6.42 Å². The third-order valence-corrected chi connectivity index (χ3v) is 4.64. The molecule has 2 heterocycles. The van der Waals surface area contributed by atoms with Crippen molar-refractivity contribution in [2.45, 2.75) is 25.8 Å². The van der Waals surface area contributed by atoms with Gasteiger partial charge in [0, 0.05) is 11.8 Å². The van der Waals surface area contributed by atoms with Crippen LogP contribution >= 0.6 is 11.3 Å². The number of hydrogen-bond acceptors (Lipinski definition) is 5. The summed E-state index contributed by atoms with van der Waals surface area (Å²) in [5.41, 5.74) is 3.31. The molecule has 0 bridgehead atoms. The van der Waals surface area contributed by atoms with E-state index in [-0.39, 0.29) is 11.6 Å². The molecular formula is C15H14N4OS. The maximum Gasteiger partial charge on any atom is 0.275 e. The third-order valence-electron chi connectivity index (χ3n) is 3.80. The monoisotopic (exact) mass is 298 g/mol. The van der Waals surface area contributed by atoms with Crippen LogP contribution in [0.15, 0.2) is 35.1 Å². The molecule has 0 amide bonds. The molecule has 0 saturated carbocycles. The molecule has 5 nitrogen and oxygen atoms in total. The molecule has 0 radical (unpaired) electrons. The minimum atomic E-state index is -0.131. The van der Waals surface area contributed by atoms with Crippen LogP contribution in [0.4, 0.5) is 5.13 Å². The Morgan fingerprint density at radius 1 is 1.38 bits per heavy atom. The molecule has 21 heavy (non-hydrogen) atoms. The largest absolute Gasteiger partial charge is 0.353 e. The number of fused-ring (bicyclic) bond motifs is 2. The summed E-state index contributed by atoms with van der Waals surface area (Å²) in [6.45, 7) is 1.82. The van der Waals surface area contributed by atoms with E-state index in [9.17, 15) is 4.79 Å². The van der Waals surface area contributed by atoms with Crippen molar-refractivity contribution in [1.29, 1.82) is 0 Å². The van der Waals surface area contributed by atoms with E-state index in [1.807, 2.05) is 6.92 Å². The molecule has 106 valence electrons. The van der Waals surface area contributed by atoms with Crippen molar-refractivity contribution in [1.82, 2.24) is 14.6 Å². The number of anilines is 1. The maximum absolute atomic E-state index is 11.9. The molecule has 0 saturated heterocycles. The molecule has 0 unspecified atom stereocenters. The average Bonchev–Trinajstić information content (AvgIpc) is 3.04. The van der Waals surface area contributed by atoms with E-state index in [0.29, 0.717) is 4.96 Å². The zero-order chi connectivity index (χ0) is 14.4. The summed E-state index contributed by atoms with van der Waals surface area (Å²) < 4.78 is 1.36. The van der Waals surface area contributed by atoms with Gasteiger partial charge in [-0.05, 0) is 30.9 Å². The Morgan fingerprint density at radius 2 is 2.24 bits per heavy atom. The zero-order valence-corrected chi connectivity index (χ0v) is 12.4. The van der Waals surface area contributed by atoms with Crippen molar-refractivity contribution < 1.29 is 0 Å². The lowest BCUT2D eigenvalue weighted by Gasteiger charge is -2.12. The molecule has 6 heteroatoms. The number of nitrogens with one attached hydrogen (secondary N) is 1. The Hall–Kier alpha value is -2.21. The first-order chi connectivity index (χ1) is 10.2. The van der Waals surface area contributed by atoms with Gasteiger partial charge in [0.05, 0.1) is 6.04 Å². The number of aryl methyl sites for hydroxylation is 2. The molecule has 0 fully saturated rings. The highest BCUT2D eigenvalue weighted by atomic mass is 32.1. The van der Waals surface area contributed by atoms with Crippen LogP contribution < -0.4 is 10.9 Å². The molecule has 1 aromatic carbocycles. The SMILES string of the molecule is Cc1cc(=O)n2nc(N[C@@H]3CCc4ccccc43)sc2n1. The van der Waals surface area contributed by atoms with Gasteiger partial charge in [-0.15, -0.1) is 5.10 Å². The standard InChI is InChI=1S/C15H14N4OS/c1-9-8-13(20)19-15(16-9)21-14(18-19)17-12-7-6-10-4-2-3-5-11(10)12/h2-5,8,12H,6-7H2,1H3,(H,17,18)/t12-/m1/s1. The van der Waals surface area contributed by atoms with Crippen LogP contribution in [0.5, 0.6) is 0 Å². The molecule has 1 aliphatic carbocycles. The average molecular weight is 298 g/mol. The van der Waals surface area contributed by atoms with Crippen molar-refractivity contribution in [2.75, 3.05) is 5.32 Å². The van der Waals surface area contributed by atoms with E-state index in [1.54, 1.807) is 0 Å². The maximum atomic E-state index is 11.9. The Morgan fingerprint density at radius 3 is 3.14 bits per heavy atom. The van der Waals surface area contributed by atoms with E-state index in [2.05, 4.69) is 39.7 Å². The fourth-order valence-corrected chi connectivity index (χ4v) is 3.74. The molecule has 1 aliphatic rings. The first kappa shape index (κ1) is 12.5. The first-order valence-corrected chi connectivity index (χ1v) is 7.74. The lowest BCUT2D eigenvalue weighted by Crippen LogP contribution is -2.15. The number of hydrogen-bond donors (Lipinski definition) is 1. The molecular weight excluding hydrogens is 284 g/mol. The molecule has 2 aromatic heterocycles. The van der Waals surface area contributed by atoms with Crippen molar-refractivity contribution in [3.05, 3.63) is 57.5 Å². The molecule has 1 atom stereocenters. The minimum Gasteiger partial charge on any atom is -0.353 e. The summed E-state index contributed by atoms with van der Waals surface area (Å²) in [6.07, 6.45) is 2.13. The first-order valence-electron chi connectivity index (χ1n) is 6.92. The summed E-state index contributed by atoms with van der Waals surface area (Å²) in [5.74, 6) is 0. The molecule has 1 N–H and O–H groups in total. The van der Waals surface area contributed by atoms with E-state index < -0.39 is 0 Å². The van der Waals surface area contributed by atoms with Crippen LogP contribution in [0.25, 0.3) is 4.96 Å². The van der Waals surface area contributed by atoms with Crippen molar-refractivity contribution >= 4 is 21.4 Å². The fraction of sp³-hybridized carbons (Fsp3) is 0.267. The Labute approximate surface area is 125 Å². The smallest absolute Gasteiger partial charge is 0.275 e. The van der Waals surface area contributed by atoms with Gasteiger partial charge in [0.15, 0.2) is 0 Å². The third kappa shape index (κ3) is 2.12. The molecule has 4 rings (SSSR count). The topological polar surface area (TPSA) is 59.3 Å². The second kappa shape index (κ2) is 4.66. The summed E-state index contributed by atoms with van der Waals surface area (Å²) >= 11 is 1.42. The lowest BCUT2D eigenvalue weighted by atomic mass is 10.1. The molecule has 0 spiro atoms. The van der Waals surface area contributed by atoms with E-state index in [4.69, 9.17) is 0 Å². The zero-order valence-electron chi connectivity index (χ0n) is 11.5. The Balaban J connectivity index is 1.70. The predicted octanol–water partition coefficient (Wildman–Crippen LogP) is 2.56. The number of nitrogens with zero attached hydrogens (tertiary/aromatic N) is 3. The van der Waals surface area contributed by atoms with Gasteiger partial charge in [0.2, 0.25) is 10.1 Å². The number of benzene rings is 1. The van der Waals surface area contributed by atoms with E-state index >= 15 is 0 Å². The van der Waals surface area contributed by atoms with Gasteiger partial charge in [0.25, 0.3) is 5.56 Å². The summed E-state index contributed by atoms with van der Waals surface area (Å²) in [7, 11) is 0. The van der Waals surface area contributed by atoms with E-state index in [1.165, 1.54) is 33.0 Å². The van der Waals surface area contributed by atoms with Gasteiger partial charge in [-0.2, -0.15) is 4.52 Å². The van der Waals surface area contributed by atoms with Crippen LogP contribution in [0.2, 0.25) is 0 Å². The van der Waals surface area contributed by atoms with Gasteiger partial charge < -0.3 is 5.32 Å². The van der Waals surface area contributed by atoms with Gasteiger partial charge in [-0.3, -0.25) is 4.79 Å². The Bertz CT molecular complexity index is 883. The van der Waals surface area contributed by atoms with Crippen LogP contribution in [0, 0.1) is 6.92 Å². The second-order valence-electron chi connectivity index (χ2n) is 5.27. The van der Waals surface area contributed by atoms with Gasteiger partial charge in [-0.1, -0.05) is 35.6 Å². The normalized spacial score (nSPS) is 17.1. The van der Waals surface area contributed by atoms with Gasteiger partial charge >= 0.3 is 0 Å². The highest BCUT2D eigenvalue weighted by molar-refractivity contribution is 7.20. The number of aromatic nitrogens is 3. The second-order valence-corrected chi connectivity index (χ2v) is 6.23. The van der Waals surface area contributed by atoms with Crippen molar-refractivity contribution in [3.63, 3.8) is 0 Å². The van der Waals surface area contributed by atoms with Crippen LogP contribution in [-0.4, -0.2) is 14.6 Å². The van der Waals surface area contributed by atoms with Crippen molar-refractivity contribution in [2.24, 2.45) is 0 Å². The van der Waals surface area contributed by atoms with Gasteiger partial charge in [-0.25, -0.2) is 4.98 Å². The van der Waals surface area contributed by atoms with Crippen LogP contribution in [0.3, 0.4) is 0 Å². The number of rotatable bonds is 2. The van der Waals surface area contributed by atoms with E-state index in [0.717, 1.165) is 23.7 Å². The highest BCUT2D eigenvalue weighted by Crippen LogP contribution is 2.34.